The average molecular weight is 247 g/mol. The first-order valence-electron chi connectivity index (χ1n) is 4.27. The molecule has 0 saturated carbocycles. The van der Waals surface area contributed by atoms with Crippen LogP contribution >= 0.6 is 23.4 Å². The van der Waals surface area contributed by atoms with Gasteiger partial charge in [-0.15, -0.1) is 0 Å². The maximum absolute atomic E-state index is 10.4. The number of rotatable bonds is 5. The Labute approximate surface area is 96.8 Å². The van der Waals surface area contributed by atoms with Gasteiger partial charge in [-0.1, -0.05) is 17.7 Å². The van der Waals surface area contributed by atoms with Crippen LogP contribution in [0.2, 0.25) is 5.15 Å². The van der Waals surface area contributed by atoms with Gasteiger partial charge in [0.15, 0.2) is 0 Å². The molecule has 82 valence electrons. The minimum absolute atomic E-state index is 0.365. The van der Waals surface area contributed by atoms with Crippen LogP contribution < -0.4 is 5.73 Å². The fourth-order valence-corrected chi connectivity index (χ4v) is 1.96. The first-order valence-corrected chi connectivity index (χ1v) is 5.80. The number of carbonyl (C=O) groups is 1. The predicted octanol–water partition coefficient (Wildman–Crippen LogP) is 1.38. The summed E-state index contributed by atoms with van der Waals surface area (Å²) in [6.45, 7) is 0. The molecule has 1 rings (SSSR count). The lowest BCUT2D eigenvalue weighted by Gasteiger charge is -2.05. The maximum atomic E-state index is 10.4. The van der Waals surface area contributed by atoms with E-state index in [0.717, 1.165) is 5.69 Å². The van der Waals surface area contributed by atoms with E-state index in [9.17, 15) is 4.79 Å². The zero-order chi connectivity index (χ0) is 11.3. The number of nitrogens with zero attached hydrogens (tertiary/aromatic N) is 1. The zero-order valence-corrected chi connectivity index (χ0v) is 9.46. The number of thioether (sulfide) groups is 1. The molecule has 4 nitrogen and oxygen atoms in total. The van der Waals surface area contributed by atoms with Crippen molar-refractivity contribution in [2.75, 3.05) is 5.75 Å². The number of aromatic nitrogens is 1. The van der Waals surface area contributed by atoms with Crippen molar-refractivity contribution in [3.8, 4) is 0 Å². The van der Waals surface area contributed by atoms with E-state index in [-0.39, 0.29) is 0 Å². The number of nitrogens with two attached hydrogens (primary N) is 1. The molecule has 0 aliphatic rings. The highest BCUT2D eigenvalue weighted by Gasteiger charge is 2.10. The third-order valence-electron chi connectivity index (χ3n) is 1.64. The van der Waals surface area contributed by atoms with E-state index in [0.29, 0.717) is 16.7 Å². The fourth-order valence-electron chi connectivity index (χ4n) is 0.892. The highest BCUT2D eigenvalue weighted by Crippen LogP contribution is 2.13. The van der Waals surface area contributed by atoms with E-state index in [1.54, 1.807) is 6.07 Å². The van der Waals surface area contributed by atoms with Gasteiger partial charge < -0.3 is 10.8 Å². The molecule has 0 fully saturated rings. The smallest absolute Gasteiger partial charge is 0.321 e. The summed E-state index contributed by atoms with van der Waals surface area (Å²) in [6.07, 6.45) is 0. The Balaban J connectivity index is 2.35. The van der Waals surface area contributed by atoms with Crippen LogP contribution in [0.1, 0.15) is 5.69 Å². The third kappa shape index (κ3) is 4.51. The van der Waals surface area contributed by atoms with Crippen molar-refractivity contribution in [2.24, 2.45) is 5.73 Å². The van der Waals surface area contributed by atoms with Crippen LogP contribution in [0.15, 0.2) is 18.2 Å². The van der Waals surface area contributed by atoms with Crippen LogP contribution in [0, 0.1) is 0 Å². The van der Waals surface area contributed by atoms with E-state index >= 15 is 0 Å². The van der Waals surface area contributed by atoms with E-state index in [4.69, 9.17) is 22.4 Å². The summed E-state index contributed by atoms with van der Waals surface area (Å²) >= 11 is 7.12. The van der Waals surface area contributed by atoms with Gasteiger partial charge in [-0.2, -0.15) is 11.8 Å². The van der Waals surface area contributed by atoms with Gasteiger partial charge >= 0.3 is 5.97 Å². The number of carboxylic acid groups (broad SMARTS) is 1. The Morgan fingerprint density at radius 3 is 3.00 bits per heavy atom. The molecule has 1 aromatic heterocycles. The Morgan fingerprint density at radius 1 is 1.67 bits per heavy atom. The van der Waals surface area contributed by atoms with Gasteiger partial charge in [0.05, 0.1) is 5.69 Å². The Hall–Kier alpha value is -0.780. The molecule has 0 radical (unpaired) electrons. The van der Waals surface area contributed by atoms with Crippen molar-refractivity contribution in [2.45, 2.75) is 11.8 Å². The topological polar surface area (TPSA) is 76.2 Å². The largest absolute Gasteiger partial charge is 0.480 e. The van der Waals surface area contributed by atoms with Gasteiger partial charge in [0.25, 0.3) is 0 Å². The SMILES string of the molecule is N[C@@H](CSCc1cccc(Cl)n1)C(=O)O. The number of carboxylic acids is 1. The number of hydrogen-bond donors (Lipinski definition) is 2. The van der Waals surface area contributed by atoms with Gasteiger partial charge in [0.1, 0.15) is 11.2 Å². The summed E-state index contributed by atoms with van der Waals surface area (Å²) in [5.41, 5.74) is 6.17. The van der Waals surface area contributed by atoms with Crippen LogP contribution in [0.25, 0.3) is 0 Å². The fraction of sp³-hybridized carbons (Fsp3) is 0.333. The van der Waals surface area contributed by atoms with E-state index in [1.807, 2.05) is 12.1 Å². The second-order valence-corrected chi connectivity index (χ2v) is 4.33. The molecule has 0 unspecified atom stereocenters. The monoisotopic (exact) mass is 246 g/mol. The molecule has 0 aromatic carbocycles. The average Bonchev–Trinajstić information content (AvgIpc) is 2.17. The molecule has 0 saturated heterocycles. The maximum Gasteiger partial charge on any atom is 0.321 e. The standard InChI is InChI=1S/C9H11ClN2O2S/c10-8-3-1-2-6(12-8)4-15-5-7(11)9(13)14/h1-3,7H,4-5,11H2,(H,13,14)/t7-/m0/s1. The van der Waals surface area contributed by atoms with Crippen molar-refractivity contribution in [1.82, 2.24) is 4.98 Å². The minimum atomic E-state index is -0.985. The van der Waals surface area contributed by atoms with E-state index in [2.05, 4.69) is 4.98 Å². The van der Waals surface area contributed by atoms with Crippen LogP contribution in [-0.2, 0) is 10.5 Å². The van der Waals surface area contributed by atoms with Crippen molar-refractivity contribution >= 4 is 29.3 Å². The molecule has 0 amide bonds. The Morgan fingerprint density at radius 2 is 2.40 bits per heavy atom. The summed E-state index contributed by atoms with van der Waals surface area (Å²) in [5, 5.41) is 8.99. The highest BCUT2D eigenvalue weighted by molar-refractivity contribution is 7.98. The lowest BCUT2D eigenvalue weighted by molar-refractivity contribution is -0.137. The highest BCUT2D eigenvalue weighted by atomic mass is 35.5. The summed E-state index contributed by atoms with van der Waals surface area (Å²) in [7, 11) is 0. The molecule has 1 atom stereocenters. The first kappa shape index (κ1) is 12.3. The molecule has 6 heteroatoms. The summed E-state index contributed by atoms with van der Waals surface area (Å²) in [4.78, 5) is 14.5. The molecule has 0 bridgehead atoms. The van der Waals surface area contributed by atoms with Gasteiger partial charge in [-0.05, 0) is 12.1 Å². The summed E-state index contributed by atoms with van der Waals surface area (Å²) in [5.74, 6) is -0.00742. The predicted molar refractivity (Wildman–Crippen MR) is 61.0 cm³/mol. The van der Waals surface area contributed by atoms with Crippen LogP contribution in [-0.4, -0.2) is 27.9 Å². The molecular formula is C9H11ClN2O2S. The molecule has 1 aromatic rings. The number of hydrogen-bond acceptors (Lipinski definition) is 4. The summed E-state index contributed by atoms with van der Waals surface area (Å²) in [6, 6.07) is 4.51. The Bertz CT molecular complexity index is 349. The molecule has 3 N–H and O–H groups in total. The summed E-state index contributed by atoms with van der Waals surface area (Å²) < 4.78 is 0. The van der Waals surface area contributed by atoms with Crippen molar-refractivity contribution in [1.29, 1.82) is 0 Å². The second-order valence-electron chi connectivity index (χ2n) is 2.91. The van der Waals surface area contributed by atoms with E-state index in [1.165, 1.54) is 11.8 Å². The molecule has 0 aliphatic heterocycles. The zero-order valence-electron chi connectivity index (χ0n) is 7.89. The molecule has 1 heterocycles. The van der Waals surface area contributed by atoms with Crippen LogP contribution in [0.4, 0.5) is 0 Å². The van der Waals surface area contributed by atoms with Gasteiger partial charge in [-0.3, -0.25) is 4.79 Å². The normalized spacial score (nSPS) is 12.4. The number of pyridine rings is 1. The van der Waals surface area contributed by atoms with Crippen molar-refractivity contribution in [3.63, 3.8) is 0 Å². The van der Waals surface area contributed by atoms with Gasteiger partial charge in [0.2, 0.25) is 0 Å². The van der Waals surface area contributed by atoms with Crippen molar-refractivity contribution < 1.29 is 9.90 Å². The molecule has 15 heavy (non-hydrogen) atoms. The number of halogens is 1. The second kappa shape index (κ2) is 5.95. The molecule has 0 aliphatic carbocycles. The Kier molecular flexibility index (Phi) is 4.87. The molecule has 0 spiro atoms. The van der Waals surface area contributed by atoms with Crippen LogP contribution in [0.5, 0.6) is 0 Å². The van der Waals surface area contributed by atoms with Gasteiger partial charge in [0, 0.05) is 11.5 Å². The van der Waals surface area contributed by atoms with Crippen LogP contribution in [0.3, 0.4) is 0 Å². The first-order chi connectivity index (χ1) is 7.09. The van der Waals surface area contributed by atoms with Gasteiger partial charge in [-0.25, -0.2) is 4.98 Å². The lowest BCUT2D eigenvalue weighted by Crippen LogP contribution is -2.32. The van der Waals surface area contributed by atoms with Crippen molar-refractivity contribution in [3.05, 3.63) is 29.0 Å². The number of aliphatic carboxylic acids is 1. The molecular weight excluding hydrogens is 236 g/mol. The quantitative estimate of drug-likeness (QED) is 0.768. The third-order valence-corrected chi connectivity index (χ3v) is 2.94. The lowest BCUT2D eigenvalue weighted by atomic mass is 10.4. The van der Waals surface area contributed by atoms with E-state index < -0.39 is 12.0 Å². The minimum Gasteiger partial charge on any atom is -0.480 e.